The Kier molecular flexibility index (Phi) is 4.07. The maximum atomic E-state index is 12.8. The number of fused-ring (bicyclic) bond motifs is 1. The Hall–Kier alpha value is -1.99. The van der Waals surface area contributed by atoms with E-state index >= 15 is 0 Å². The van der Waals surface area contributed by atoms with Crippen LogP contribution in [0.2, 0.25) is 0 Å². The van der Waals surface area contributed by atoms with E-state index in [0.717, 1.165) is 11.3 Å². The fourth-order valence-electron chi connectivity index (χ4n) is 2.72. The highest BCUT2D eigenvalue weighted by Crippen LogP contribution is 2.45. The number of benzene rings is 2. The molecule has 0 spiro atoms. The Morgan fingerprint density at radius 3 is 2.43 bits per heavy atom. The summed E-state index contributed by atoms with van der Waals surface area (Å²) in [5.41, 5.74) is 0.792. The maximum Gasteiger partial charge on any atom is 0.204 e. The van der Waals surface area contributed by atoms with Crippen molar-refractivity contribution in [2.45, 2.75) is 23.2 Å². The summed E-state index contributed by atoms with van der Waals surface area (Å²) in [6.45, 7) is 1.67. The average Bonchev–Trinajstić information content (AvgIpc) is 2.58. The van der Waals surface area contributed by atoms with Crippen molar-refractivity contribution in [3.63, 3.8) is 0 Å². The van der Waals surface area contributed by atoms with E-state index in [1.165, 1.54) is 7.11 Å². The van der Waals surface area contributed by atoms with Crippen LogP contribution in [0.25, 0.3) is 0 Å². The van der Waals surface area contributed by atoms with E-state index in [4.69, 9.17) is 13.9 Å². The van der Waals surface area contributed by atoms with Crippen LogP contribution in [0.5, 0.6) is 17.2 Å². The van der Waals surface area contributed by atoms with Crippen molar-refractivity contribution in [3.8, 4) is 17.2 Å². The van der Waals surface area contributed by atoms with Crippen molar-refractivity contribution >= 4 is 20.3 Å². The zero-order valence-corrected chi connectivity index (χ0v) is 16.0. The highest BCUT2D eigenvalue weighted by molar-refractivity contribution is 7.92. The molecule has 122 valence electrons. The quantitative estimate of drug-likeness (QED) is 0.788. The van der Waals surface area contributed by atoms with Gasteiger partial charge in [0.2, 0.25) is 10.5 Å². The van der Waals surface area contributed by atoms with E-state index in [-0.39, 0.29) is 10.6 Å². The second kappa shape index (κ2) is 5.90. The van der Waals surface area contributed by atoms with E-state index in [1.807, 2.05) is 24.3 Å². The van der Waals surface area contributed by atoms with Gasteiger partial charge in [0.05, 0.1) is 7.11 Å². The summed E-state index contributed by atoms with van der Waals surface area (Å²) in [7, 11) is -1.39. The average molecular weight is 350 g/mol. The molecule has 0 bridgehead atoms. The third-order valence-corrected chi connectivity index (χ3v) is 6.71. The van der Waals surface area contributed by atoms with Gasteiger partial charge in [-0.2, -0.15) is 0 Å². The van der Waals surface area contributed by atoms with E-state index in [9.17, 15) is 8.42 Å². The SMILES string of the molecule is COc1cccc2c1OC(c1ccc(O[SiH3])cc1)C(C)S2(=O)=O. The molecule has 2 unspecified atom stereocenters. The first-order valence-electron chi connectivity index (χ1n) is 7.20. The van der Waals surface area contributed by atoms with Gasteiger partial charge in [0.25, 0.3) is 0 Å². The van der Waals surface area contributed by atoms with E-state index in [2.05, 4.69) is 0 Å². The monoisotopic (exact) mass is 350 g/mol. The maximum absolute atomic E-state index is 12.8. The van der Waals surface area contributed by atoms with Gasteiger partial charge in [-0.15, -0.1) is 0 Å². The largest absolute Gasteiger partial charge is 0.553 e. The molecule has 2 aromatic carbocycles. The molecule has 1 heterocycles. The van der Waals surface area contributed by atoms with Crippen molar-refractivity contribution in [1.29, 1.82) is 0 Å². The molecule has 0 fully saturated rings. The highest BCUT2D eigenvalue weighted by Gasteiger charge is 2.41. The molecule has 2 atom stereocenters. The molecule has 2 aromatic rings. The number of sulfone groups is 1. The van der Waals surface area contributed by atoms with Crippen LogP contribution in [0.15, 0.2) is 47.4 Å². The predicted molar refractivity (Wildman–Crippen MR) is 90.0 cm³/mol. The standard InChI is InChI=1S/C16H18O5SSi/c1-10-15(11-6-8-12(21-23)9-7-11)20-16-13(19-2)4-3-5-14(16)22(10,17)18/h3-10,15H,1-2,23H3. The van der Waals surface area contributed by atoms with Crippen LogP contribution >= 0.6 is 0 Å². The summed E-state index contributed by atoms with van der Waals surface area (Å²) in [6.07, 6.45) is -0.591. The molecule has 0 saturated heterocycles. The summed E-state index contributed by atoms with van der Waals surface area (Å²) < 4.78 is 42.2. The molecule has 0 aromatic heterocycles. The van der Waals surface area contributed by atoms with E-state index in [0.29, 0.717) is 16.2 Å². The van der Waals surface area contributed by atoms with Crippen LogP contribution in [-0.4, -0.2) is 31.3 Å². The highest BCUT2D eigenvalue weighted by atomic mass is 32.2. The summed E-state index contributed by atoms with van der Waals surface area (Å²) in [5.74, 6) is 1.47. The number of para-hydroxylation sites is 1. The topological polar surface area (TPSA) is 61.8 Å². The van der Waals surface area contributed by atoms with Crippen LogP contribution in [0, 0.1) is 0 Å². The van der Waals surface area contributed by atoms with E-state index < -0.39 is 21.2 Å². The molecule has 1 aliphatic heterocycles. The summed E-state index contributed by atoms with van der Waals surface area (Å²) >= 11 is 0. The van der Waals surface area contributed by atoms with Crippen molar-refractivity contribution in [3.05, 3.63) is 48.0 Å². The molecule has 0 radical (unpaired) electrons. The third kappa shape index (κ3) is 2.59. The number of hydrogen-bond donors (Lipinski definition) is 0. The van der Waals surface area contributed by atoms with Crippen LogP contribution in [0.4, 0.5) is 0 Å². The lowest BCUT2D eigenvalue weighted by Gasteiger charge is -2.32. The molecule has 0 aliphatic carbocycles. The molecule has 7 heteroatoms. The summed E-state index contributed by atoms with van der Waals surface area (Å²) in [6, 6.07) is 12.2. The normalized spacial score (nSPS) is 22.0. The van der Waals surface area contributed by atoms with E-state index in [1.54, 1.807) is 25.1 Å². The smallest absolute Gasteiger partial charge is 0.204 e. The number of rotatable bonds is 3. The molecular weight excluding hydrogens is 332 g/mol. The molecule has 0 amide bonds. The third-order valence-electron chi connectivity index (χ3n) is 4.07. The van der Waals surface area contributed by atoms with Crippen molar-refractivity contribution < 1.29 is 22.3 Å². The first-order valence-corrected chi connectivity index (χ1v) is 9.57. The molecular formula is C16H18O5SSi. The summed E-state index contributed by atoms with van der Waals surface area (Å²) in [5, 5.41) is -0.690. The Labute approximate surface area is 138 Å². The van der Waals surface area contributed by atoms with Crippen LogP contribution < -0.4 is 13.9 Å². The molecule has 0 N–H and O–H groups in total. The van der Waals surface area contributed by atoms with Gasteiger partial charge < -0.3 is 13.9 Å². The molecule has 0 saturated carbocycles. The zero-order chi connectivity index (χ0) is 16.6. The first-order chi connectivity index (χ1) is 11.0. The van der Waals surface area contributed by atoms with Gasteiger partial charge in [-0.1, -0.05) is 18.2 Å². The predicted octanol–water partition coefficient (Wildman–Crippen LogP) is 1.65. The lowest BCUT2D eigenvalue weighted by atomic mass is 10.1. The first kappa shape index (κ1) is 15.9. The van der Waals surface area contributed by atoms with Crippen LogP contribution in [0.1, 0.15) is 18.6 Å². The van der Waals surface area contributed by atoms with Gasteiger partial charge in [0.15, 0.2) is 21.3 Å². The fourth-order valence-corrected chi connectivity index (χ4v) is 4.60. The van der Waals surface area contributed by atoms with Gasteiger partial charge in [-0.25, -0.2) is 8.42 Å². The van der Waals surface area contributed by atoms with Gasteiger partial charge in [-0.3, -0.25) is 0 Å². The number of methoxy groups -OCH3 is 1. The Morgan fingerprint density at radius 1 is 1.13 bits per heavy atom. The van der Waals surface area contributed by atoms with Gasteiger partial charge in [0.1, 0.15) is 22.0 Å². The van der Waals surface area contributed by atoms with Crippen molar-refractivity contribution in [1.82, 2.24) is 0 Å². The van der Waals surface area contributed by atoms with Gasteiger partial charge in [-0.05, 0) is 36.8 Å². The van der Waals surface area contributed by atoms with Crippen LogP contribution in [0.3, 0.4) is 0 Å². The van der Waals surface area contributed by atoms with Crippen LogP contribution in [-0.2, 0) is 9.84 Å². The number of ether oxygens (including phenoxy) is 2. The van der Waals surface area contributed by atoms with Crippen molar-refractivity contribution in [2.24, 2.45) is 0 Å². The number of hydrogen-bond acceptors (Lipinski definition) is 5. The Bertz CT molecular complexity index is 817. The Balaban J connectivity index is 2.10. The molecule has 3 rings (SSSR count). The second-order valence-corrected chi connectivity index (χ2v) is 8.03. The summed E-state index contributed by atoms with van der Waals surface area (Å²) in [4.78, 5) is 0.181. The molecule has 1 aliphatic rings. The second-order valence-electron chi connectivity index (χ2n) is 5.35. The van der Waals surface area contributed by atoms with Gasteiger partial charge in [0, 0.05) is 0 Å². The lowest BCUT2D eigenvalue weighted by Crippen LogP contribution is -2.34. The minimum absolute atomic E-state index is 0.181. The minimum Gasteiger partial charge on any atom is -0.553 e. The Morgan fingerprint density at radius 2 is 1.83 bits per heavy atom. The van der Waals surface area contributed by atoms with Crippen molar-refractivity contribution in [2.75, 3.05) is 7.11 Å². The van der Waals surface area contributed by atoms with Gasteiger partial charge >= 0.3 is 0 Å². The molecule has 5 nitrogen and oxygen atoms in total. The zero-order valence-electron chi connectivity index (χ0n) is 13.1. The molecule has 23 heavy (non-hydrogen) atoms. The fraction of sp³-hybridized carbons (Fsp3) is 0.250. The minimum atomic E-state index is -3.50. The lowest BCUT2D eigenvalue weighted by molar-refractivity contribution is 0.180.